The van der Waals surface area contributed by atoms with Crippen LogP contribution in [0.25, 0.3) is 0 Å². The number of amides is 1. The third kappa shape index (κ3) is 6.24. The molecule has 0 spiro atoms. The van der Waals surface area contributed by atoms with E-state index in [0.29, 0.717) is 6.04 Å². The Hall–Kier alpha value is -0.770. The molecule has 1 amide bonds. The standard InChI is InChI=1S/C14H28N2O2/c1-5-6-7-8-15-11-9-12(10-11)16-13(17)18-14(2,3)4/h11-12,15H,5-10H2,1-4H3,(H,16,17). The van der Waals surface area contributed by atoms with Gasteiger partial charge in [0.25, 0.3) is 0 Å². The average Bonchev–Trinajstić information content (AvgIpc) is 2.17. The maximum absolute atomic E-state index is 11.5. The van der Waals surface area contributed by atoms with Crippen molar-refractivity contribution in [1.82, 2.24) is 10.6 Å². The minimum absolute atomic E-state index is 0.281. The largest absolute Gasteiger partial charge is 0.444 e. The summed E-state index contributed by atoms with van der Waals surface area (Å²) in [6.07, 6.45) is 5.54. The zero-order chi connectivity index (χ0) is 13.6. The molecule has 1 fully saturated rings. The fourth-order valence-electron chi connectivity index (χ4n) is 2.06. The topological polar surface area (TPSA) is 50.4 Å². The van der Waals surface area contributed by atoms with Gasteiger partial charge in [0.1, 0.15) is 5.60 Å². The van der Waals surface area contributed by atoms with Crippen molar-refractivity contribution in [3.05, 3.63) is 0 Å². The van der Waals surface area contributed by atoms with Crippen LogP contribution in [0.2, 0.25) is 0 Å². The summed E-state index contributed by atoms with van der Waals surface area (Å²) >= 11 is 0. The van der Waals surface area contributed by atoms with Crippen LogP contribution in [0.1, 0.15) is 59.8 Å². The Balaban J connectivity index is 2.03. The normalized spacial score (nSPS) is 23.3. The van der Waals surface area contributed by atoms with Crippen LogP contribution in [0.3, 0.4) is 0 Å². The molecule has 18 heavy (non-hydrogen) atoms. The van der Waals surface area contributed by atoms with E-state index in [-0.39, 0.29) is 12.1 Å². The molecule has 1 aliphatic carbocycles. The lowest BCUT2D eigenvalue weighted by Gasteiger charge is -2.36. The van der Waals surface area contributed by atoms with Crippen molar-refractivity contribution in [2.45, 2.75) is 77.5 Å². The van der Waals surface area contributed by atoms with Crippen LogP contribution in [0.5, 0.6) is 0 Å². The molecule has 0 radical (unpaired) electrons. The quantitative estimate of drug-likeness (QED) is 0.718. The maximum atomic E-state index is 11.5. The van der Waals surface area contributed by atoms with Crippen molar-refractivity contribution in [3.8, 4) is 0 Å². The molecule has 1 rings (SSSR count). The van der Waals surface area contributed by atoms with E-state index in [1.807, 2.05) is 20.8 Å². The molecule has 1 aliphatic rings. The first-order chi connectivity index (χ1) is 8.40. The molecule has 0 aromatic heterocycles. The minimum atomic E-state index is -0.411. The van der Waals surface area contributed by atoms with Crippen LogP contribution in [0, 0.1) is 0 Å². The average molecular weight is 256 g/mol. The highest BCUT2D eigenvalue weighted by Gasteiger charge is 2.30. The summed E-state index contributed by atoms with van der Waals surface area (Å²) in [6, 6.07) is 0.852. The van der Waals surface area contributed by atoms with E-state index in [0.717, 1.165) is 19.4 Å². The lowest BCUT2D eigenvalue weighted by atomic mass is 9.87. The van der Waals surface area contributed by atoms with Gasteiger partial charge in [0.2, 0.25) is 0 Å². The molecule has 1 saturated carbocycles. The smallest absolute Gasteiger partial charge is 0.407 e. The summed E-state index contributed by atoms with van der Waals surface area (Å²) in [5.74, 6) is 0. The van der Waals surface area contributed by atoms with Gasteiger partial charge in [-0.15, -0.1) is 0 Å². The molecule has 0 atom stereocenters. The summed E-state index contributed by atoms with van der Waals surface area (Å²) in [5, 5.41) is 6.42. The van der Waals surface area contributed by atoms with Gasteiger partial charge in [0, 0.05) is 12.1 Å². The summed E-state index contributed by atoms with van der Waals surface area (Å²) in [5.41, 5.74) is -0.411. The Bertz CT molecular complexity index is 255. The Kier molecular flexibility index (Phi) is 5.93. The van der Waals surface area contributed by atoms with Gasteiger partial charge >= 0.3 is 6.09 Å². The number of rotatable bonds is 6. The first-order valence-corrected chi connectivity index (χ1v) is 7.13. The summed E-state index contributed by atoms with van der Waals surface area (Å²) in [4.78, 5) is 11.5. The van der Waals surface area contributed by atoms with Gasteiger partial charge in [-0.1, -0.05) is 19.8 Å². The highest BCUT2D eigenvalue weighted by atomic mass is 16.6. The second-order valence-corrected chi connectivity index (χ2v) is 6.17. The SMILES string of the molecule is CCCCCNC1CC(NC(=O)OC(C)(C)C)C1. The molecule has 4 nitrogen and oxygen atoms in total. The fourth-order valence-corrected chi connectivity index (χ4v) is 2.06. The molecular formula is C14H28N2O2. The van der Waals surface area contributed by atoms with E-state index in [1.54, 1.807) is 0 Å². The van der Waals surface area contributed by atoms with Crippen LogP contribution in [0.15, 0.2) is 0 Å². The molecular weight excluding hydrogens is 228 g/mol. The van der Waals surface area contributed by atoms with E-state index in [9.17, 15) is 4.79 Å². The fraction of sp³-hybridized carbons (Fsp3) is 0.929. The second-order valence-electron chi connectivity index (χ2n) is 6.17. The van der Waals surface area contributed by atoms with Crippen LogP contribution in [-0.2, 0) is 4.74 Å². The van der Waals surface area contributed by atoms with E-state index in [2.05, 4.69) is 17.6 Å². The van der Waals surface area contributed by atoms with Crippen molar-refractivity contribution in [1.29, 1.82) is 0 Å². The molecule has 2 N–H and O–H groups in total. The highest BCUT2D eigenvalue weighted by Crippen LogP contribution is 2.20. The summed E-state index contributed by atoms with van der Waals surface area (Å²) in [6.45, 7) is 8.95. The predicted molar refractivity (Wildman–Crippen MR) is 73.7 cm³/mol. The third-order valence-corrected chi connectivity index (χ3v) is 3.07. The van der Waals surface area contributed by atoms with Crippen LogP contribution in [-0.4, -0.2) is 30.3 Å². The van der Waals surface area contributed by atoms with Gasteiger partial charge in [0.15, 0.2) is 0 Å². The molecule has 0 aromatic rings. The number of hydrogen-bond donors (Lipinski definition) is 2. The number of nitrogens with one attached hydrogen (secondary N) is 2. The lowest BCUT2D eigenvalue weighted by Crippen LogP contribution is -2.53. The van der Waals surface area contributed by atoms with E-state index < -0.39 is 5.60 Å². The van der Waals surface area contributed by atoms with Crippen molar-refractivity contribution in [2.75, 3.05) is 6.54 Å². The minimum Gasteiger partial charge on any atom is -0.444 e. The van der Waals surface area contributed by atoms with Gasteiger partial charge in [-0.2, -0.15) is 0 Å². The number of alkyl carbamates (subject to hydrolysis) is 1. The van der Waals surface area contributed by atoms with Gasteiger partial charge in [-0.05, 0) is 46.6 Å². The first kappa shape index (κ1) is 15.3. The Morgan fingerprint density at radius 3 is 2.44 bits per heavy atom. The number of carbonyl (C=O) groups excluding carboxylic acids is 1. The van der Waals surface area contributed by atoms with Gasteiger partial charge in [-0.25, -0.2) is 4.79 Å². The summed E-state index contributed by atoms with van der Waals surface area (Å²) < 4.78 is 5.22. The number of carbonyl (C=O) groups is 1. The van der Waals surface area contributed by atoms with Crippen LogP contribution in [0.4, 0.5) is 4.79 Å². The number of unbranched alkanes of at least 4 members (excludes halogenated alkanes) is 2. The number of ether oxygens (including phenoxy) is 1. The molecule has 106 valence electrons. The van der Waals surface area contributed by atoms with Gasteiger partial charge in [-0.3, -0.25) is 0 Å². The second kappa shape index (κ2) is 6.98. The van der Waals surface area contributed by atoms with Gasteiger partial charge in [0.05, 0.1) is 0 Å². The Morgan fingerprint density at radius 1 is 1.22 bits per heavy atom. The molecule has 0 aliphatic heterocycles. The molecule has 0 heterocycles. The van der Waals surface area contributed by atoms with Gasteiger partial charge < -0.3 is 15.4 Å². The Morgan fingerprint density at radius 2 is 1.89 bits per heavy atom. The lowest BCUT2D eigenvalue weighted by molar-refractivity contribution is 0.0465. The molecule has 0 aromatic carbocycles. The van der Waals surface area contributed by atoms with Crippen molar-refractivity contribution < 1.29 is 9.53 Å². The van der Waals surface area contributed by atoms with E-state index in [1.165, 1.54) is 19.3 Å². The van der Waals surface area contributed by atoms with Crippen molar-refractivity contribution in [2.24, 2.45) is 0 Å². The zero-order valence-electron chi connectivity index (χ0n) is 12.2. The van der Waals surface area contributed by atoms with E-state index >= 15 is 0 Å². The van der Waals surface area contributed by atoms with Crippen LogP contribution >= 0.6 is 0 Å². The monoisotopic (exact) mass is 256 g/mol. The molecule has 0 bridgehead atoms. The maximum Gasteiger partial charge on any atom is 0.407 e. The predicted octanol–water partition coefficient (Wildman–Crippen LogP) is 2.82. The zero-order valence-corrected chi connectivity index (χ0v) is 12.2. The number of hydrogen-bond acceptors (Lipinski definition) is 3. The molecule has 4 heteroatoms. The summed E-state index contributed by atoms with van der Waals surface area (Å²) in [7, 11) is 0. The molecule has 0 unspecified atom stereocenters. The third-order valence-electron chi connectivity index (χ3n) is 3.07. The van der Waals surface area contributed by atoms with Crippen molar-refractivity contribution in [3.63, 3.8) is 0 Å². The van der Waals surface area contributed by atoms with Crippen LogP contribution < -0.4 is 10.6 Å². The van der Waals surface area contributed by atoms with E-state index in [4.69, 9.17) is 4.74 Å². The Labute approximate surface area is 111 Å². The van der Waals surface area contributed by atoms with Crippen molar-refractivity contribution >= 4 is 6.09 Å². The first-order valence-electron chi connectivity index (χ1n) is 7.13. The highest BCUT2D eigenvalue weighted by molar-refractivity contribution is 5.68. The molecule has 0 saturated heterocycles.